The molecule has 1 fully saturated rings. The van der Waals surface area contributed by atoms with E-state index in [0.29, 0.717) is 83.8 Å². The van der Waals surface area contributed by atoms with Crippen molar-refractivity contribution in [2.45, 2.75) is 99.0 Å². The summed E-state index contributed by atoms with van der Waals surface area (Å²) in [6.45, 7) is 23.3. The van der Waals surface area contributed by atoms with Crippen LogP contribution in [0.4, 0.5) is 0 Å². The normalized spacial score (nSPS) is 14.9. The number of carbonyl (C=O) groups is 13. The quantitative estimate of drug-likeness (QED) is 0.0207. The number of nitrogens with zero attached hydrogens (tertiary/aromatic N) is 1. The van der Waals surface area contributed by atoms with Crippen LogP contribution in [0.25, 0.3) is 0 Å². The van der Waals surface area contributed by atoms with Crippen LogP contribution in [0.2, 0.25) is 0 Å². The van der Waals surface area contributed by atoms with Crippen LogP contribution in [0, 0.1) is 12.8 Å². The second kappa shape index (κ2) is 47.7. The van der Waals surface area contributed by atoms with E-state index in [9.17, 15) is 76.7 Å². The molecule has 35 nitrogen and oxygen atoms in total. The summed E-state index contributed by atoms with van der Waals surface area (Å²) in [6, 6.07) is 0. The maximum absolute atomic E-state index is 11.7. The maximum atomic E-state index is 11.7. The van der Waals surface area contributed by atoms with Crippen molar-refractivity contribution >= 4 is 77.4 Å². The number of carbonyl (C=O) groups excluding carboxylic acids is 13. The lowest BCUT2D eigenvalue weighted by molar-refractivity contribution is -0.167. The zero-order valence-electron chi connectivity index (χ0n) is 57.8. The molecule has 5 aliphatic rings. The summed E-state index contributed by atoms with van der Waals surface area (Å²) < 4.78 is 58.0. The van der Waals surface area contributed by atoms with E-state index in [1.54, 1.807) is 38.2 Å². The minimum atomic E-state index is -1.01. The highest BCUT2D eigenvalue weighted by molar-refractivity contribution is 5.98. The lowest BCUT2D eigenvalue weighted by Gasteiger charge is -2.26. The lowest BCUT2D eigenvalue weighted by atomic mass is 10.1. The average molecular weight is 1480 g/mol. The lowest BCUT2D eigenvalue weighted by Crippen LogP contribution is -2.36. The molecule has 5 aliphatic heterocycles. The first-order chi connectivity index (χ1) is 50.0. The molecule has 0 bridgehead atoms. The third-order valence-corrected chi connectivity index (χ3v) is 13.9. The van der Waals surface area contributed by atoms with Gasteiger partial charge in [0.2, 0.25) is 12.5 Å². The van der Waals surface area contributed by atoms with Crippen molar-refractivity contribution in [3.63, 3.8) is 0 Å². The van der Waals surface area contributed by atoms with Gasteiger partial charge in [-0.25, -0.2) is 47.9 Å². The van der Waals surface area contributed by atoms with Crippen molar-refractivity contribution in [2.75, 3.05) is 72.7 Å². The van der Waals surface area contributed by atoms with Gasteiger partial charge in [0.1, 0.15) is 0 Å². The highest BCUT2D eigenvalue weighted by Gasteiger charge is 2.21. The molecule has 572 valence electrons. The van der Waals surface area contributed by atoms with Gasteiger partial charge in [-0.2, -0.15) is 0 Å². The van der Waals surface area contributed by atoms with Gasteiger partial charge in [0.25, 0.3) is 29.2 Å². The molecule has 106 heavy (non-hydrogen) atoms. The van der Waals surface area contributed by atoms with E-state index in [1.807, 2.05) is 4.98 Å². The monoisotopic (exact) mass is 1480 g/mol. The van der Waals surface area contributed by atoms with Crippen LogP contribution in [-0.4, -0.2) is 165 Å². The number of hydrogen-bond donors (Lipinski definition) is 6. The Kier molecular flexibility index (Phi) is 39.5. The fourth-order valence-corrected chi connectivity index (χ4v) is 8.32. The van der Waals surface area contributed by atoms with Crippen LogP contribution in [0.1, 0.15) is 97.0 Å². The van der Waals surface area contributed by atoms with Crippen LogP contribution in [0.5, 0.6) is 5.75 Å². The summed E-state index contributed by atoms with van der Waals surface area (Å²) in [7, 11) is 0. The fourth-order valence-electron chi connectivity index (χ4n) is 8.32. The van der Waals surface area contributed by atoms with Crippen LogP contribution < -0.4 is 43.1 Å². The summed E-state index contributed by atoms with van der Waals surface area (Å²) in [5.74, 6) is -9.12. The number of hydrogen-bond acceptors (Lipinski definition) is 29. The predicted octanol–water partition coefficient (Wildman–Crippen LogP) is 3.32. The zero-order chi connectivity index (χ0) is 77.2. The third-order valence-electron chi connectivity index (χ3n) is 13.9. The maximum Gasteiger partial charge on any atom is 0.519 e. The molecule has 0 aromatic carbocycles. The Labute approximate surface area is 606 Å². The number of aromatic nitrogens is 2. The molecule has 35 heteroatoms. The number of esters is 9. The SMILES string of the molecule is C.C=C1CC=C(CCOC(=O)/C=C/C(=O)OCCCCN2CCOCC2)C(=O)N1.C=C1CC=C(CCOC(=O)/C=C/C(=O)OCOC(=O)C(C)C)C(=O)N1.C=C1CC=C(CCOC(=O)/C=C/C(=O)OCc2oc(=O)oc2C)C(=O)N1.C=C1CC=C(CCOC(=O)/C=C/C(=O)Oc2c[nH]c(=O)[nH]c2=O)C(=O)N1. The number of aromatic amines is 2. The molecular formula is C71H85N7O28. The van der Waals surface area contributed by atoms with Crippen LogP contribution in [0.15, 0.2) is 174 Å². The molecule has 2 aromatic rings. The number of unbranched alkanes of at least 4 members (excludes halogenated alkanes) is 1. The molecule has 6 N–H and O–H groups in total. The van der Waals surface area contributed by atoms with E-state index in [0.717, 1.165) is 100 Å². The Hall–Kier alpha value is -12.4. The number of aryl methyl sites for hydroxylation is 1. The summed E-state index contributed by atoms with van der Waals surface area (Å²) in [5, 5.41) is 10.4. The number of morpholine rings is 1. The standard InChI is InChI=1S/C20H28N2O6.C17H17NO8.C17H21NO7.C16H15N3O7.CH4/c1-16-4-5-17(20(25)21-16)8-13-28-19(24)7-6-18(23)27-12-3-2-9-22-10-14-26-15-11-22;1-10-3-4-12(16(21)18-10)7-8-23-14(19)5-6-15(20)24-9-13-11(2)25-17(22)26-13;1-11(2)17(22)25-10-24-15(20)7-6-14(19)23-9-8-13-5-4-12(3)18-16(13)21;1-9-2-3-10(14(22)18-9)6-7-25-12(20)4-5-13(21)26-11-8-17-16(24)19-15(11)23;/h5-7H,1-4,8-15H2,(H,21,25);4-6H,1,3,7-9H2,2H3,(H,18,21);5-7,11H,3-4,8-10H2,1-2H3,(H,18,21);3-5,8H,1-2,6-7H2,(H,18,22)(H2,17,19,23,24);1H4/b7-6+;6-5+;7-6+;5-4+;. The minimum absolute atomic E-state index is 0. The Morgan fingerprint density at radius 2 is 0.858 bits per heavy atom. The summed E-state index contributed by atoms with van der Waals surface area (Å²) in [6.07, 6.45) is 20.0. The van der Waals surface area contributed by atoms with Gasteiger partial charge in [0.15, 0.2) is 18.1 Å². The van der Waals surface area contributed by atoms with E-state index in [4.69, 9.17) is 33.2 Å². The summed E-state index contributed by atoms with van der Waals surface area (Å²) >= 11 is 0. The van der Waals surface area contributed by atoms with Crippen molar-refractivity contribution in [1.82, 2.24) is 36.1 Å². The second-order valence-electron chi connectivity index (χ2n) is 22.4. The molecule has 1 saturated heterocycles. The van der Waals surface area contributed by atoms with E-state index in [-0.39, 0.29) is 101 Å². The van der Waals surface area contributed by atoms with Crippen molar-refractivity contribution < 1.29 is 119 Å². The van der Waals surface area contributed by atoms with Crippen molar-refractivity contribution in [3.8, 4) is 5.75 Å². The van der Waals surface area contributed by atoms with E-state index in [2.05, 4.69) is 80.5 Å². The van der Waals surface area contributed by atoms with Gasteiger partial charge in [0, 0.05) is 158 Å². The van der Waals surface area contributed by atoms with E-state index in [1.165, 1.54) is 6.92 Å². The number of H-pyrrole nitrogens is 2. The third kappa shape index (κ3) is 36.5. The molecular weight excluding hydrogens is 1400 g/mol. The Morgan fingerprint density at radius 3 is 1.22 bits per heavy atom. The van der Waals surface area contributed by atoms with Gasteiger partial charge in [-0.05, 0) is 26.3 Å². The molecule has 0 aliphatic carbocycles. The number of nitrogens with one attached hydrogen (secondary N) is 6. The predicted molar refractivity (Wildman–Crippen MR) is 370 cm³/mol. The van der Waals surface area contributed by atoms with Crippen molar-refractivity contribution in [3.05, 3.63) is 193 Å². The zero-order valence-corrected chi connectivity index (χ0v) is 57.8. The number of amides is 4. The highest BCUT2D eigenvalue weighted by Crippen LogP contribution is 2.17. The summed E-state index contributed by atoms with van der Waals surface area (Å²) in [5.41, 5.74) is 2.88. The Balaban J connectivity index is 0.000000366. The summed E-state index contributed by atoms with van der Waals surface area (Å²) in [4.78, 5) is 189. The average Bonchev–Trinajstić information content (AvgIpc) is 0.949. The Bertz CT molecular complexity index is 4020. The highest BCUT2D eigenvalue weighted by atomic mass is 16.7. The molecule has 0 radical (unpaired) electrons. The molecule has 7 heterocycles. The molecule has 0 saturated carbocycles. The second-order valence-corrected chi connectivity index (χ2v) is 22.4. The van der Waals surface area contributed by atoms with Crippen LogP contribution >= 0.6 is 0 Å². The smallest absolute Gasteiger partial charge is 0.463 e. The topological polar surface area (TPSA) is 475 Å². The van der Waals surface area contributed by atoms with Crippen molar-refractivity contribution in [2.24, 2.45) is 5.92 Å². The van der Waals surface area contributed by atoms with Gasteiger partial charge in [-0.15, -0.1) is 0 Å². The van der Waals surface area contributed by atoms with Crippen molar-refractivity contribution in [1.29, 1.82) is 0 Å². The van der Waals surface area contributed by atoms with Gasteiger partial charge in [-0.1, -0.05) is 71.9 Å². The van der Waals surface area contributed by atoms with E-state index >= 15 is 0 Å². The van der Waals surface area contributed by atoms with E-state index < -0.39 is 83.3 Å². The van der Waals surface area contributed by atoms with Gasteiger partial charge >= 0.3 is 65.2 Å². The number of rotatable bonds is 31. The Morgan fingerprint density at radius 1 is 0.491 bits per heavy atom. The minimum Gasteiger partial charge on any atom is -0.463 e. The number of allylic oxidation sites excluding steroid dienone is 4. The van der Waals surface area contributed by atoms with Crippen LogP contribution in [0.3, 0.4) is 0 Å². The molecule has 4 amide bonds. The van der Waals surface area contributed by atoms with Gasteiger partial charge in [0.05, 0.1) is 58.4 Å². The van der Waals surface area contributed by atoms with Gasteiger partial charge < -0.3 is 82.5 Å². The molecule has 0 spiro atoms. The van der Waals surface area contributed by atoms with Gasteiger partial charge in [-0.3, -0.25) is 38.7 Å². The molecule has 2 aromatic heterocycles. The first kappa shape index (κ1) is 87.8. The number of ether oxygens (including phenoxy) is 10. The molecule has 0 unspecified atom stereocenters. The molecule has 7 rings (SSSR count). The fraction of sp³-hybridized carbons (Fsp3) is 0.380. The first-order valence-electron chi connectivity index (χ1n) is 32.3. The first-order valence-corrected chi connectivity index (χ1v) is 32.3. The largest absolute Gasteiger partial charge is 0.519 e. The molecule has 0 atom stereocenters. The van der Waals surface area contributed by atoms with Crippen LogP contribution in [-0.2, 0) is 112 Å².